The lowest BCUT2D eigenvalue weighted by atomic mass is 9.88. The Bertz CT molecular complexity index is 916. The summed E-state index contributed by atoms with van der Waals surface area (Å²) >= 11 is 7.06. The first-order chi connectivity index (χ1) is 12.0. The van der Waals surface area contributed by atoms with Crippen molar-refractivity contribution < 1.29 is 10.2 Å². The lowest BCUT2D eigenvalue weighted by molar-refractivity contribution is 0.362. The summed E-state index contributed by atoms with van der Waals surface area (Å²) in [4.78, 5) is 0. The van der Waals surface area contributed by atoms with Crippen molar-refractivity contribution >= 4 is 31.9 Å². The van der Waals surface area contributed by atoms with Crippen molar-refractivity contribution in [3.63, 3.8) is 0 Å². The molecule has 0 radical (unpaired) electrons. The maximum atomic E-state index is 10.8. The molecule has 25 heavy (non-hydrogen) atoms. The van der Waals surface area contributed by atoms with Crippen LogP contribution in [-0.2, 0) is 12.0 Å². The van der Waals surface area contributed by atoms with Gasteiger partial charge in [-0.1, -0.05) is 69.1 Å². The molecule has 3 nitrogen and oxygen atoms in total. The largest absolute Gasteiger partial charge is 0.494 e. The Morgan fingerprint density at radius 2 is 1.48 bits per heavy atom. The maximum absolute atomic E-state index is 10.8. The minimum absolute atomic E-state index is 0.161. The summed E-state index contributed by atoms with van der Waals surface area (Å²) in [6, 6.07) is 15.9. The Kier molecular flexibility index (Phi) is 3.96. The van der Waals surface area contributed by atoms with Gasteiger partial charge in [0.2, 0.25) is 0 Å². The molecule has 2 aromatic carbocycles. The van der Waals surface area contributed by atoms with Crippen molar-refractivity contribution in [2.45, 2.75) is 25.3 Å². The highest BCUT2D eigenvalue weighted by Crippen LogP contribution is 2.66. The molecule has 0 spiro atoms. The molecule has 1 aromatic heterocycles. The van der Waals surface area contributed by atoms with E-state index < -0.39 is 5.41 Å². The standard InChI is InChI=1S/C20H17Br2NO2/c1-2-20(13-8-14(21)10-15(22)9-13)16-17(20)19(25)23(18(16)24)11-12-6-4-3-5-7-12/h3-10,24-25H,2,11H2,1H3. The fraction of sp³-hybridized carbons (Fsp3) is 0.200. The molecule has 1 heterocycles. The second-order valence-electron chi connectivity index (χ2n) is 6.39. The van der Waals surface area contributed by atoms with E-state index in [0.717, 1.165) is 37.6 Å². The summed E-state index contributed by atoms with van der Waals surface area (Å²) in [5, 5.41) is 21.6. The quantitative estimate of drug-likeness (QED) is 0.535. The molecule has 0 bridgehead atoms. The fourth-order valence-electron chi connectivity index (χ4n) is 3.86. The van der Waals surface area contributed by atoms with Gasteiger partial charge in [-0.15, -0.1) is 0 Å². The zero-order valence-electron chi connectivity index (χ0n) is 13.6. The third-order valence-electron chi connectivity index (χ3n) is 5.07. The van der Waals surface area contributed by atoms with E-state index >= 15 is 0 Å². The average Bonchev–Trinajstić information content (AvgIpc) is 3.22. The molecule has 0 fully saturated rings. The van der Waals surface area contributed by atoms with Crippen LogP contribution in [0.25, 0.3) is 0 Å². The van der Waals surface area contributed by atoms with Crippen LogP contribution in [0.2, 0.25) is 0 Å². The van der Waals surface area contributed by atoms with E-state index in [2.05, 4.69) is 50.9 Å². The van der Waals surface area contributed by atoms with E-state index in [1.54, 1.807) is 4.57 Å². The van der Waals surface area contributed by atoms with E-state index in [1.165, 1.54) is 0 Å². The molecule has 3 aromatic rings. The molecule has 0 unspecified atom stereocenters. The molecule has 0 saturated carbocycles. The van der Waals surface area contributed by atoms with Gasteiger partial charge in [-0.3, -0.25) is 4.57 Å². The van der Waals surface area contributed by atoms with Crippen molar-refractivity contribution in [2.75, 3.05) is 0 Å². The minimum atomic E-state index is -0.395. The predicted molar refractivity (Wildman–Crippen MR) is 105 cm³/mol. The Balaban J connectivity index is 1.77. The highest BCUT2D eigenvalue weighted by atomic mass is 79.9. The second-order valence-corrected chi connectivity index (χ2v) is 8.22. The van der Waals surface area contributed by atoms with Crippen LogP contribution in [0.4, 0.5) is 0 Å². The molecular formula is C20H17Br2NO2. The van der Waals surface area contributed by atoms with Gasteiger partial charge in [0.05, 0.1) is 12.0 Å². The monoisotopic (exact) mass is 461 g/mol. The number of hydrogen-bond donors (Lipinski definition) is 2. The smallest absolute Gasteiger partial charge is 0.199 e. The SMILES string of the molecule is CCC1(c2cc(Br)cc(Br)c2)c2c1c(O)n(Cc1ccccc1)c2O. The molecule has 5 heteroatoms. The van der Waals surface area contributed by atoms with Crippen LogP contribution < -0.4 is 0 Å². The van der Waals surface area contributed by atoms with Crippen LogP contribution in [-0.4, -0.2) is 14.8 Å². The van der Waals surface area contributed by atoms with E-state index in [9.17, 15) is 10.2 Å². The zero-order valence-corrected chi connectivity index (χ0v) is 16.8. The van der Waals surface area contributed by atoms with Crippen LogP contribution in [0.1, 0.15) is 35.6 Å². The summed E-state index contributed by atoms with van der Waals surface area (Å²) in [6.07, 6.45) is 0.786. The summed E-state index contributed by atoms with van der Waals surface area (Å²) in [5.41, 5.74) is 3.39. The maximum Gasteiger partial charge on any atom is 0.199 e. The Labute approximate surface area is 163 Å². The van der Waals surface area contributed by atoms with Crippen LogP contribution in [0.15, 0.2) is 57.5 Å². The zero-order chi connectivity index (χ0) is 17.8. The van der Waals surface area contributed by atoms with E-state index in [1.807, 2.05) is 36.4 Å². The minimum Gasteiger partial charge on any atom is -0.494 e. The predicted octanol–water partition coefficient (Wildman–Crippen LogP) is 5.53. The average molecular weight is 463 g/mol. The number of rotatable bonds is 4. The first kappa shape index (κ1) is 16.7. The van der Waals surface area contributed by atoms with E-state index in [-0.39, 0.29) is 11.8 Å². The lowest BCUT2D eigenvalue weighted by Crippen LogP contribution is -2.13. The number of aromatic hydroxyl groups is 2. The van der Waals surface area contributed by atoms with Crippen LogP contribution in [0.3, 0.4) is 0 Å². The van der Waals surface area contributed by atoms with Gasteiger partial charge in [-0.25, -0.2) is 0 Å². The number of nitrogens with zero attached hydrogens (tertiary/aromatic N) is 1. The molecule has 0 amide bonds. The van der Waals surface area contributed by atoms with Crippen molar-refractivity contribution in [3.8, 4) is 11.8 Å². The van der Waals surface area contributed by atoms with Crippen LogP contribution in [0.5, 0.6) is 11.8 Å². The van der Waals surface area contributed by atoms with Crippen LogP contribution >= 0.6 is 31.9 Å². The molecule has 128 valence electrons. The Morgan fingerprint density at radius 1 is 0.920 bits per heavy atom. The number of fused-ring (bicyclic) bond motifs is 1. The van der Waals surface area contributed by atoms with Gasteiger partial charge in [-0.05, 0) is 35.7 Å². The van der Waals surface area contributed by atoms with Gasteiger partial charge >= 0.3 is 0 Å². The van der Waals surface area contributed by atoms with Crippen molar-refractivity contribution in [2.24, 2.45) is 0 Å². The molecule has 4 rings (SSSR count). The normalized spacial score (nSPS) is 14.4. The molecule has 0 atom stereocenters. The van der Waals surface area contributed by atoms with Gasteiger partial charge in [0.1, 0.15) is 0 Å². The molecule has 0 saturated heterocycles. The summed E-state index contributed by atoms with van der Waals surface area (Å²) in [6.45, 7) is 2.53. The molecular weight excluding hydrogens is 446 g/mol. The van der Waals surface area contributed by atoms with Gasteiger partial charge < -0.3 is 10.2 Å². The van der Waals surface area contributed by atoms with Gasteiger partial charge in [0, 0.05) is 20.1 Å². The van der Waals surface area contributed by atoms with Gasteiger partial charge in [0.25, 0.3) is 0 Å². The summed E-state index contributed by atoms with van der Waals surface area (Å²) in [5.74, 6) is 0.323. The topological polar surface area (TPSA) is 45.4 Å². The third-order valence-corrected chi connectivity index (χ3v) is 5.98. The second kappa shape index (κ2) is 5.92. The Hall–Kier alpha value is -1.72. The molecule has 1 aliphatic carbocycles. The number of aromatic nitrogens is 1. The number of benzene rings is 2. The van der Waals surface area contributed by atoms with Crippen molar-refractivity contribution in [1.82, 2.24) is 4.57 Å². The molecule has 0 aliphatic heterocycles. The summed E-state index contributed by atoms with van der Waals surface area (Å²) in [7, 11) is 0. The number of halogens is 2. The van der Waals surface area contributed by atoms with Gasteiger partial charge in [-0.2, -0.15) is 0 Å². The Morgan fingerprint density at radius 3 is 2.00 bits per heavy atom. The van der Waals surface area contributed by atoms with E-state index in [4.69, 9.17) is 0 Å². The highest BCUT2D eigenvalue weighted by molar-refractivity contribution is 9.11. The summed E-state index contributed by atoms with van der Waals surface area (Å²) < 4.78 is 3.52. The first-order valence-corrected chi connectivity index (χ1v) is 9.73. The van der Waals surface area contributed by atoms with E-state index in [0.29, 0.717) is 6.54 Å². The lowest BCUT2D eigenvalue weighted by Gasteiger charge is -2.20. The van der Waals surface area contributed by atoms with Crippen molar-refractivity contribution in [3.05, 3.63) is 79.7 Å². The van der Waals surface area contributed by atoms with Crippen molar-refractivity contribution in [1.29, 1.82) is 0 Å². The third kappa shape index (κ3) is 2.44. The first-order valence-electron chi connectivity index (χ1n) is 8.15. The molecule has 1 aliphatic rings. The fourth-order valence-corrected chi connectivity index (χ4v) is 5.15. The highest BCUT2D eigenvalue weighted by Gasteiger charge is 2.58. The number of hydrogen-bond acceptors (Lipinski definition) is 2. The van der Waals surface area contributed by atoms with Gasteiger partial charge in [0.15, 0.2) is 11.8 Å². The van der Waals surface area contributed by atoms with Crippen LogP contribution in [0, 0.1) is 0 Å². The molecule has 2 N–H and O–H groups in total.